The largest absolute Gasteiger partial charge is 0.378 e. The number of carbonyl (C=O) groups is 1. The maximum atomic E-state index is 12.1. The number of ketones is 1. The molecule has 3 heteroatoms. The van der Waals surface area contributed by atoms with Crippen LogP contribution in [0.25, 0.3) is 0 Å². The van der Waals surface area contributed by atoms with E-state index in [1.807, 2.05) is 0 Å². The molecule has 3 nitrogen and oxygen atoms in total. The molecular weight excluding hydrogens is 202 g/mol. The molecule has 3 aliphatic heterocycles. The van der Waals surface area contributed by atoms with Crippen molar-refractivity contribution in [2.75, 3.05) is 6.61 Å². The Balaban J connectivity index is 1.46. The topological polar surface area (TPSA) is 38.3 Å². The Hall–Kier alpha value is -0.410. The van der Waals surface area contributed by atoms with Crippen molar-refractivity contribution in [3.63, 3.8) is 0 Å². The Bertz CT molecular complexity index is 273. The Morgan fingerprint density at radius 2 is 2.25 bits per heavy atom. The lowest BCUT2D eigenvalue weighted by molar-refractivity contribution is -0.124. The molecule has 3 rings (SSSR count). The highest BCUT2D eigenvalue weighted by molar-refractivity contribution is 5.82. The fourth-order valence-corrected chi connectivity index (χ4v) is 3.54. The Morgan fingerprint density at radius 1 is 1.31 bits per heavy atom. The van der Waals surface area contributed by atoms with Gasteiger partial charge in [0.15, 0.2) is 0 Å². The fourth-order valence-electron chi connectivity index (χ4n) is 3.54. The molecule has 0 aliphatic carbocycles. The van der Waals surface area contributed by atoms with Crippen molar-refractivity contribution < 1.29 is 9.53 Å². The second-order valence-electron chi connectivity index (χ2n) is 5.53. The average molecular weight is 223 g/mol. The molecule has 90 valence electrons. The van der Waals surface area contributed by atoms with E-state index in [0.29, 0.717) is 29.9 Å². The Morgan fingerprint density at radius 3 is 2.88 bits per heavy atom. The minimum Gasteiger partial charge on any atom is -0.378 e. The zero-order valence-electron chi connectivity index (χ0n) is 9.78. The van der Waals surface area contributed by atoms with Crippen molar-refractivity contribution in [2.45, 2.75) is 63.1 Å². The second kappa shape index (κ2) is 4.46. The van der Waals surface area contributed by atoms with Crippen LogP contribution in [-0.4, -0.2) is 30.6 Å². The van der Waals surface area contributed by atoms with E-state index in [4.69, 9.17) is 4.74 Å². The SMILES string of the molecule is O=C(CCC1CCCO1)C1CC2CCC1N2. The molecule has 3 fully saturated rings. The Labute approximate surface area is 96.9 Å². The maximum absolute atomic E-state index is 12.1. The first-order valence-corrected chi connectivity index (χ1v) is 6.73. The third-order valence-electron chi connectivity index (χ3n) is 4.45. The van der Waals surface area contributed by atoms with Crippen molar-refractivity contribution in [1.29, 1.82) is 0 Å². The first-order chi connectivity index (χ1) is 7.83. The molecule has 0 aromatic heterocycles. The molecule has 1 N–H and O–H groups in total. The van der Waals surface area contributed by atoms with E-state index in [1.165, 1.54) is 19.3 Å². The summed E-state index contributed by atoms with van der Waals surface area (Å²) in [6.07, 6.45) is 7.97. The summed E-state index contributed by atoms with van der Waals surface area (Å²) in [7, 11) is 0. The molecule has 3 saturated heterocycles. The molecule has 16 heavy (non-hydrogen) atoms. The molecule has 0 aromatic carbocycles. The summed E-state index contributed by atoms with van der Waals surface area (Å²) >= 11 is 0. The van der Waals surface area contributed by atoms with Gasteiger partial charge in [0.2, 0.25) is 0 Å². The van der Waals surface area contributed by atoms with Crippen LogP contribution in [0.5, 0.6) is 0 Å². The lowest BCUT2D eigenvalue weighted by Gasteiger charge is -2.19. The van der Waals surface area contributed by atoms with Gasteiger partial charge in [-0.05, 0) is 38.5 Å². The minimum absolute atomic E-state index is 0.320. The first kappa shape index (κ1) is 10.7. The van der Waals surface area contributed by atoms with Crippen LogP contribution in [0.3, 0.4) is 0 Å². The number of hydrogen-bond acceptors (Lipinski definition) is 3. The Kier molecular flexibility index (Phi) is 2.99. The molecule has 3 aliphatic rings. The maximum Gasteiger partial charge on any atom is 0.137 e. The van der Waals surface area contributed by atoms with E-state index in [-0.39, 0.29) is 0 Å². The first-order valence-electron chi connectivity index (χ1n) is 6.73. The number of ether oxygens (including phenoxy) is 1. The third kappa shape index (κ3) is 2.03. The van der Waals surface area contributed by atoms with Gasteiger partial charge in [0.1, 0.15) is 5.78 Å². The molecule has 0 amide bonds. The predicted molar refractivity (Wildman–Crippen MR) is 61.3 cm³/mol. The lowest BCUT2D eigenvalue weighted by Crippen LogP contribution is -2.29. The lowest BCUT2D eigenvalue weighted by atomic mass is 9.84. The molecule has 2 bridgehead atoms. The molecule has 0 spiro atoms. The van der Waals surface area contributed by atoms with Crippen LogP contribution in [0, 0.1) is 5.92 Å². The van der Waals surface area contributed by atoms with E-state index in [0.717, 1.165) is 32.3 Å². The summed E-state index contributed by atoms with van der Waals surface area (Å²) in [6.45, 7) is 0.897. The average Bonchev–Trinajstić information content (AvgIpc) is 3.01. The highest BCUT2D eigenvalue weighted by Crippen LogP contribution is 2.34. The number of fused-ring (bicyclic) bond motifs is 2. The monoisotopic (exact) mass is 223 g/mol. The molecule has 4 atom stereocenters. The van der Waals surface area contributed by atoms with Crippen molar-refractivity contribution >= 4 is 5.78 Å². The van der Waals surface area contributed by atoms with Gasteiger partial charge in [-0.1, -0.05) is 0 Å². The van der Waals surface area contributed by atoms with E-state index in [2.05, 4.69) is 5.32 Å². The van der Waals surface area contributed by atoms with Gasteiger partial charge in [-0.3, -0.25) is 4.79 Å². The normalized spacial score (nSPS) is 41.8. The molecule has 0 radical (unpaired) electrons. The summed E-state index contributed by atoms with van der Waals surface area (Å²) < 4.78 is 5.56. The van der Waals surface area contributed by atoms with Crippen molar-refractivity contribution in [3.05, 3.63) is 0 Å². The van der Waals surface area contributed by atoms with Crippen molar-refractivity contribution in [3.8, 4) is 0 Å². The summed E-state index contributed by atoms with van der Waals surface area (Å²) in [4.78, 5) is 12.1. The summed E-state index contributed by atoms with van der Waals surface area (Å²) in [5, 5.41) is 3.53. The van der Waals surface area contributed by atoms with E-state index in [1.54, 1.807) is 0 Å². The number of hydrogen-bond donors (Lipinski definition) is 1. The minimum atomic E-state index is 0.320. The smallest absolute Gasteiger partial charge is 0.137 e. The molecular formula is C13H21NO2. The van der Waals surface area contributed by atoms with Crippen LogP contribution in [0.15, 0.2) is 0 Å². The predicted octanol–water partition coefficient (Wildman–Crippen LogP) is 1.66. The quantitative estimate of drug-likeness (QED) is 0.787. The summed E-state index contributed by atoms with van der Waals surface area (Å²) in [5.41, 5.74) is 0. The highest BCUT2D eigenvalue weighted by atomic mass is 16.5. The third-order valence-corrected chi connectivity index (χ3v) is 4.45. The fraction of sp³-hybridized carbons (Fsp3) is 0.923. The van der Waals surface area contributed by atoms with E-state index < -0.39 is 0 Å². The molecule has 3 heterocycles. The summed E-state index contributed by atoms with van der Waals surface area (Å²) in [5.74, 6) is 0.801. The van der Waals surface area contributed by atoms with E-state index >= 15 is 0 Å². The van der Waals surface area contributed by atoms with Gasteiger partial charge in [-0.25, -0.2) is 0 Å². The number of nitrogens with one attached hydrogen (secondary N) is 1. The van der Waals surface area contributed by atoms with Crippen LogP contribution in [0.1, 0.15) is 44.9 Å². The second-order valence-corrected chi connectivity index (χ2v) is 5.53. The summed E-state index contributed by atoms with van der Waals surface area (Å²) in [6, 6.07) is 1.14. The van der Waals surface area contributed by atoms with Crippen LogP contribution in [-0.2, 0) is 9.53 Å². The number of carbonyl (C=O) groups excluding carboxylic acids is 1. The van der Waals surface area contributed by atoms with Crippen LogP contribution < -0.4 is 5.32 Å². The molecule has 4 unspecified atom stereocenters. The number of Topliss-reactive ketones (excluding diaryl/α,β-unsaturated/α-hetero) is 1. The number of rotatable bonds is 4. The van der Waals surface area contributed by atoms with Gasteiger partial charge in [-0.15, -0.1) is 0 Å². The molecule has 0 aromatic rings. The van der Waals surface area contributed by atoms with Gasteiger partial charge < -0.3 is 10.1 Å². The van der Waals surface area contributed by atoms with Crippen LogP contribution in [0.4, 0.5) is 0 Å². The zero-order chi connectivity index (χ0) is 11.0. The zero-order valence-corrected chi connectivity index (χ0v) is 9.78. The highest BCUT2D eigenvalue weighted by Gasteiger charge is 2.42. The van der Waals surface area contributed by atoms with Crippen molar-refractivity contribution in [2.24, 2.45) is 5.92 Å². The standard InChI is InChI=1S/C13H21NO2/c15-13(6-4-10-2-1-7-16-10)11-8-9-3-5-12(11)14-9/h9-12,14H,1-8H2. The van der Waals surface area contributed by atoms with E-state index in [9.17, 15) is 4.79 Å². The van der Waals surface area contributed by atoms with Gasteiger partial charge in [-0.2, -0.15) is 0 Å². The van der Waals surface area contributed by atoms with Gasteiger partial charge >= 0.3 is 0 Å². The molecule has 0 saturated carbocycles. The van der Waals surface area contributed by atoms with Crippen molar-refractivity contribution in [1.82, 2.24) is 5.32 Å². The van der Waals surface area contributed by atoms with Gasteiger partial charge in [0.05, 0.1) is 6.10 Å². The van der Waals surface area contributed by atoms with Gasteiger partial charge in [0, 0.05) is 31.0 Å². The van der Waals surface area contributed by atoms with Crippen LogP contribution >= 0.6 is 0 Å². The van der Waals surface area contributed by atoms with Gasteiger partial charge in [0.25, 0.3) is 0 Å². The van der Waals surface area contributed by atoms with Crippen LogP contribution in [0.2, 0.25) is 0 Å².